The molecule has 0 spiro atoms. The van der Waals surface area contributed by atoms with Gasteiger partial charge in [0.1, 0.15) is 0 Å². The molecule has 1 aromatic carbocycles. The van der Waals surface area contributed by atoms with Crippen molar-refractivity contribution in [1.82, 2.24) is 20.4 Å². The fourth-order valence-corrected chi connectivity index (χ4v) is 3.24. The van der Waals surface area contributed by atoms with Gasteiger partial charge in [0, 0.05) is 0 Å². The number of aromatic nitrogens is 3. The molecule has 0 radical (unpaired) electrons. The van der Waals surface area contributed by atoms with Gasteiger partial charge in [-0.05, 0) is 45.1 Å². The second-order valence-corrected chi connectivity index (χ2v) is 6.48. The van der Waals surface area contributed by atoms with Gasteiger partial charge in [0.05, 0.1) is 27.4 Å². The van der Waals surface area contributed by atoms with Crippen LogP contribution >= 0.6 is 27.3 Å². The maximum Gasteiger partial charge on any atom is 0.0907 e. The third-order valence-electron chi connectivity index (χ3n) is 2.96. The highest BCUT2D eigenvalue weighted by Gasteiger charge is 2.19. The molecule has 102 valence electrons. The smallest absolute Gasteiger partial charge is 0.0907 e. The molecular formula is C13H12BrN5S. The molecule has 20 heavy (non-hydrogen) atoms. The molecule has 1 unspecified atom stereocenters. The van der Waals surface area contributed by atoms with Crippen LogP contribution < -0.4 is 11.3 Å². The van der Waals surface area contributed by atoms with E-state index in [-0.39, 0.29) is 6.04 Å². The molecule has 0 bridgehead atoms. The molecule has 0 amide bonds. The third kappa shape index (κ3) is 2.53. The van der Waals surface area contributed by atoms with Gasteiger partial charge in [-0.25, -0.2) is 10.1 Å². The summed E-state index contributed by atoms with van der Waals surface area (Å²) in [6, 6.07) is 11.7. The van der Waals surface area contributed by atoms with Crippen LogP contribution in [0.5, 0.6) is 0 Å². The summed E-state index contributed by atoms with van der Waals surface area (Å²) in [6.45, 7) is 0. The van der Waals surface area contributed by atoms with E-state index in [4.69, 9.17) is 5.84 Å². The van der Waals surface area contributed by atoms with Crippen LogP contribution in [0.25, 0.3) is 5.69 Å². The number of halogens is 1. The fourth-order valence-electron chi connectivity index (χ4n) is 2.04. The van der Waals surface area contributed by atoms with E-state index in [2.05, 4.69) is 37.0 Å². The predicted octanol–water partition coefficient (Wildman–Crippen LogP) is 2.64. The van der Waals surface area contributed by atoms with Crippen molar-refractivity contribution >= 4 is 27.3 Å². The van der Waals surface area contributed by atoms with Gasteiger partial charge in [-0.3, -0.25) is 5.84 Å². The van der Waals surface area contributed by atoms with Gasteiger partial charge in [-0.1, -0.05) is 23.4 Å². The lowest BCUT2D eigenvalue weighted by atomic mass is 10.1. The summed E-state index contributed by atoms with van der Waals surface area (Å²) >= 11 is 5.09. The Morgan fingerprint density at radius 3 is 2.75 bits per heavy atom. The zero-order valence-electron chi connectivity index (χ0n) is 10.4. The minimum Gasteiger partial charge on any atom is -0.271 e. The van der Waals surface area contributed by atoms with E-state index in [1.54, 1.807) is 22.2 Å². The number of para-hydroxylation sites is 1. The summed E-state index contributed by atoms with van der Waals surface area (Å²) in [5, 5.41) is 10.2. The Labute approximate surface area is 128 Å². The van der Waals surface area contributed by atoms with Gasteiger partial charge in [-0.2, -0.15) is 0 Å². The quantitative estimate of drug-likeness (QED) is 0.561. The van der Waals surface area contributed by atoms with Crippen molar-refractivity contribution in [3.63, 3.8) is 0 Å². The van der Waals surface area contributed by atoms with Crippen LogP contribution in [0, 0.1) is 0 Å². The molecule has 2 heterocycles. The van der Waals surface area contributed by atoms with Crippen molar-refractivity contribution in [2.45, 2.75) is 6.04 Å². The summed E-state index contributed by atoms with van der Waals surface area (Å²) in [5.41, 5.74) is 5.75. The fraction of sp³-hybridized carbons (Fsp3) is 0.0769. The second kappa shape index (κ2) is 5.84. The first-order chi connectivity index (χ1) is 9.79. The molecule has 7 heteroatoms. The van der Waals surface area contributed by atoms with Gasteiger partial charge in [-0.15, -0.1) is 16.4 Å². The van der Waals surface area contributed by atoms with Crippen molar-refractivity contribution < 1.29 is 0 Å². The summed E-state index contributed by atoms with van der Waals surface area (Å²) in [6.07, 6.45) is 1.73. The van der Waals surface area contributed by atoms with Crippen LogP contribution in [-0.2, 0) is 0 Å². The van der Waals surface area contributed by atoms with E-state index in [1.807, 2.05) is 36.4 Å². The third-order valence-corrected chi connectivity index (χ3v) is 4.48. The van der Waals surface area contributed by atoms with Crippen molar-refractivity contribution in [1.29, 1.82) is 0 Å². The standard InChI is InChI=1S/C13H12BrN5S/c14-12-6-9(8-20-12)13(17-15)11-7-16-18-19(11)10-4-2-1-3-5-10/h1-8,13,17H,15H2. The molecule has 2 aromatic heterocycles. The number of benzene rings is 1. The van der Waals surface area contributed by atoms with Gasteiger partial charge in [0.2, 0.25) is 0 Å². The SMILES string of the molecule is NNC(c1csc(Br)c1)c1cnnn1-c1ccccc1. The van der Waals surface area contributed by atoms with Gasteiger partial charge in [0.25, 0.3) is 0 Å². The highest BCUT2D eigenvalue weighted by molar-refractivity contribution is 9.11. The molecule has 0 aliphatic carbocycles. The highest BCUT2D eigenvalue weighted by Crippen LogP contribution is 2.29. The molecule has 1 atom stereocenters. The van der Waals surface area contributed by atoms with Crippen molar-refractivity contribution in [3.8, 4) is 5.69 Å². The molecular weight excluding hydrogens is 338 g/mol. The molecule has 3 rings (SSSR count). The largest absolute Gasteiger partial charge is 0.271 e. The van der Waals surface area contributed by atoms with E-state index in [0.717, 1.165) is 20.7 Å². The number of hydrogen-bond acceptors (Lipinski definition) is 5. The first-order valence-electron chi connectivity index (χ1n) is 5.95. The van der Waals surface area contributed by atoms with Crippen LogP contribution in [0.15, 0.2) is 51.8 Å². The van der Waals surface area contributed by atoms with E-state index in [1.165, 1.54) is 0 Å². The van der Waals surface area contributed by atoms with Crippen molar-refractivity contribution in [2.75, 3.05) is 0 Å². The molecule has 0 aliphatic rings. The number of hydrazine groups is 1. The van der Waals surface area contributed by atoms with E-state index < -0.39 is 0 Å². The number of nitrogens with zero attached hydrogens (tertiary/aromatic N) is 3. The first-order valence-corrected chi connectivity index (χ1v) is 7.63. The van der Waals surface area contributed by atoms with Crippen LogP contribution in [0.2, 0.25) is 0 Å². The molecule has 0 aliphatic heterocycles. The molecule has 3 aromatic rings. The maximum atomic E-state index is 5.72. The molecule has 0 saturated heterocycles. The normalized spacial score (nSPS) is 12.5. The van der Waals surface area contributed by atoms with E-state index in [9.17, 15) is 0 Å². The van der Waals surface area contributed by atoms with Crippen molar-refractivity contribution in [3.05, 3.63) is 63.0 Å². The Morgan fingerprint density at radius 2 is 2.10 bits per heavy atom. The van der Waals surface area contributed by atoms with Crippen LogP contribution in [0.3, 0.4) is 0 Å². The lowest BCUT2D eigenvalue weighted by Gasteiger charge is -2.15. The number of nitrogens with two attached hydrogens (primary N) is 1. The molecule has 0 fully saturated rings. The number of rotatable bonds is 4. The maximum absolute atomic E-state index is 5.72. The number of thiophene rings is 1. The number of nitrogens with one attached hydrogen (secondary N) is 1. The zero-order chi connectivity index (χ0) is 13.9. The van der Waals surface area contributed by atoms with Crippen molar-refractivity contribution in [2.24, 2.45) is 5.84 Å². The first kappa shape index (κ1) is 13.4. The van der Waals surface area contributed by atoms with E-state index >= 15 is 0 Å². The minimum atomic E-state index is -0.159. The average Bonchev–Trinajstić information content (AvgIpc) is 3.11. The highest BCUT2D eigenvalue weighted by atomic mass is 79.9. The van der Waals surface area contributed by atoms with Crippen LogP contribution in [0.1, 0.15) is 17.3 Å². The molecule has 3 N–H and O–H groups in total. The Balaban J connectivity index is 2.04. The predicted molar refractivity (Wildman–Crippen MR) is 82.5 cm³/mol. The van der Waals surface area contributed by atoms with Crippen LogP contribution in [0.4, 0.5) is 0 Å². The Hall–Kier alpha value is -1.54. The second-order valence-electron chi connectivity index (χ2n) is 4.19. The summed E-state index contributed by atoms with van der Waals surface area (Å²) in [7, 11) is 0. The Kier molecular flexibility index (Phi) is 3.93. The van der Waals surface area contributed by atoms with Gasteiger partial charge < -0.3 is 0 Å². The average molecular weight is 350 g/mol. The Bertz CT molecular complexity index is 694. The topological polar surface area (TPSA) is 68.8 Å². The Morgan fingerprint density at radius 1 is 1.30 bits per heavy atom. The lowest BCUT2D eigenvalue weighted by molar-refractivity contribution is 0.597. The monoisotopic (exact) mass is 349 g/mol. The summed E-state index contributed by atoms with van der Waals surface area (Å²) < 4.78 is 2.85. The van der Waals surface area contributed by atoms with Crippen LogP contribution in [-0.4, -0.2) is 15.0 Å². The summed E-state index contributed by atoms with van der Waals surface area (Å²) in [5.74, 6) is 5.72. The van der Waals surface area contributed by atoms with Gasteiger partial charge in [0.15, 0.2) is 0 Å². The lowest BCUT2D eigenvalue weighted by Crippen LogP contribution is -2.30. The van der Waals surface area contributed by atoms with Gasteiger partial charge >= 0.3 is 0 Å². The number of hydrogen-bond donors (Lipinski definition) is 2. The molecule has 0 saturated carbocycles. The minimum absolute atomic E-state index is 0.159. The molecule has 5 nitrogen and oxygen atoms in total. The van der Waals surface area contributed by atoms with E-state index in [0.29, 0.717) is 0 Å². The summed E-state index contributed by atoms with van der Waals surface area (Å²) in [4.78, 5) is 0. The zero-order valence-corrected chi connectivity index (χ0v) is 12.8.